The molecule has 6 heteroatoms. The minimum Gasteiger partial charge on any atom is -0.438 e. The van der Waals surface area contributed by atoms with Crippen molar-refractivity contribution in [1.29, 1.82) is 0 Å². The van der Waals surface area contributed by atoms with Crippen LogP contribution in [0.5, 0.6) is 0 Å². The Kier molecular flexibility index (Phi) is 9.39. The molecule has 0 aliphatic rings. The fourth-order valence-electron chi connectivity index (χ4n) is 9.35. The maximum absolute atomic E-state index is 6.40. The number of para-hydroxylation sites is 2. The molecule has 9 aromatic carbocycles. The average Bonchev–Trinajstić information content (AvgIpc) is 4.00. The van der Waals surface area contributed by atoms with Crippen LogP contribution >= 0.6 is 0 Å². The van der Waals surface area contributed by atoms with Gasteiger partial charge in [0.15, 0.2) is 11.6 Å². The van der Waals surface area contributed by atoms with E-state index in [2.05, 4.69) is 182 Å². The summed E-state index contributed by atoms with van der Waals surface area (Å²) in [5.41, 5.74) is 17.1. The van der Waals surface area contributed by atoms with E-state index in [1.165, 1.54) is 5.56 Å². The Hall–Kier alpha value is -9.26. The van der Waals surface area contributed by atoms with E-state index >= 15 is 0 Å². The predicted molar refractivity (Wildman–Crippen MR) is 276 cm³/mol. The van der Waals surface area contributed by atoms with Crippen LogP contribution in [0.15, 0.2) is 239 Å². The summed E-state index contributed by atoms with van der Waals surface area (Å²) in [5.74, 6) is 1.21. The molecule has 0 spiro atoms. The van der Waals surface area contributed by atoms with E-state index in [0.29, 0.717) is 23.1 Å². The van der Waals surface area contributed by atoms with Crippen LogP contribution < -0.4 is 0 Å². The van der Waals surface area contributed by atoms with Crippen LogP contribution in [0.1, 0.15) is 0 Å². The molecule has 13 rings (SSSR count). The van der Waals surface area contributed by atoms with Crippen LogP contribution in [0.25, 0.3) is 134 Å². The molecular weight excluding hydrogens is 833 g/mol. The molecule has 0 fully saturated rings. The van der Waals surface area contributed by atoms with E-state index in [1.54, 1.807) is 0 Å². The zero-order valence-electron chi connectivity index (χ0n) is 36.5. The Balaban J connectivity index is 0.841. The van der Waals surface area contributed by atoms with Gasteiger partial charge in [-0.25, -0.2) is 9.97 Å². The van der Waals surface area contributed by atoms with Gasteiger partial charge in [-0.1, -0.05) is 206 Å². The SMILES string of the molecule is c1ccc(-c2ccc(-c3nc(-c4ccc(-c5cccc(-c6cccc(-c7nc(-c8ccc(-c9ccccc9)cc8)c8c(n7)oc7ccccc78)c6)c5)cc4)c4c(n3)oc3ccccc34)cc2)cc1. The average molecular weight is 871 g/mol. The second-order valence-electron chi connectivity index (χ2n) is 17.0. The number of hydrogen-bond acceptors (Lipinski definition) is 6. The summed E-state index contributed by atoms with van der Waals surface area (Å²) in [6, 6.07) is 79.6. The molecule has 6 nitrogen and oxygen atoms in total. The van der Waals surface area contributed by atoms with Gasteiger partial charge in [0.1, 0.15) is 11.2 Å². The molecule has 0 saturated carbocycles. The minimum atomic E-state index is 0.562. The van der Waals surface area contributed by atoms with Gasteiger partial charge in [0, 0.05) is 33.0 Å². The van der Waals surface area contributed by atoms with Crippen molar-refractivity contribution in [2.75, 3.05) is 0 Å². The van der Waals surface area contributed by atoms with Crippen molar-refractivity contribution in [2.45, 2.75) is 0 Å². The van der Waals surface area contributed by atoms with Crippen molar-refractivity contribution in [3.63, 3.8) is 0 Å². The molecule has 0 saturated heterocycles. The van der Waals surface area contributed by atoms with Crippen molar-refractivity contribution in [3.05, 3.63) is 231 Å². The van der Waals surface area contributed by atoms with Gasteiger partial charge in [-0.15, -0.1) is 0 Å². The van der Waals surface area contributed by atoms with Gasteiger partial charge in [-0.05, 0) is 68.8 Å². The monoisotopic (exact) mass is 870 g/mol. The number of furan rings is 2. The number of hydrogen-bond donors (Lipinski definition) is 0. The fraction of sp³-hybridized carbons (Fsp3) is 0. The zero-order valence-corrected chi connectivity index (χ0v) is 36.5. The van der Waals surface area contributed by atoms with Crippen molar-refractivity contribution < 1.29 is 8.83 Å². The molecule has 68 heavy (non-hydrogen) atoms. The molecule has 4 heterocycles. The van der Waals surface area contributed by atoms with Crippen LogP contribution in [-0.4, -0.2) is 19.9 Å². The highest BCUT2D eigenvalue weighted by Crippen LogP contribution is 2.40. The maximum atomic E-state index is 6.40. The smallest absolute Gasteiger partial charge is 0.231 e. The first-order chi connectivity index (χ1) is 33.7. The highest BCUT2D eigenvalue weighted by Gasteiger charge is 2.20. The molecule has 13 aromatic rings. The first kappa shape index (κ1) is 39.1. The molecule has 4 aromatic heterocycles. The molecule has 0 amide bonds. The van der Waals surface area contributed by atoms with Crippen LogP contribution in [-0.2, 0) is 0 Å². The highest BCUT2D eigenvalue weighted by molar-refractivity contribution is 6.12. The van der Waals surface area contributed by atoms with Gasteiger partial charge in [0.2, 0.25) is 11.4 Å². The van der Waals surface area contributed by atoms with Crippen molar-refractivity contribution in [1.82, 2.24) is 19.9 Å². The van der Waals surface area contributed by atoms with E-state index in [0.717, 1.165) is 105 Å². The maximum Gasteiger partial charge on any atom is 0.231 e. The summed E-state index contributed by atoms with van der Waals surface area (Å²) in [6.07, 6.45) is 0. The molecule has 0 atom stereocenters. The van der Waals surface area contributed by atoms with Gasteiger partial charge in [0.25, 0.3) is 0 Å². The van der Waals surface area contributed by atoms with Crippen LogP contribution in [0, 0.1) is 0 Å². The van der Waals surface area contributed by atoms with Crippen LogP contribution in [0.4, 0.5) is 0 Å². The van der Waals surface area contributed by atoms with E-state index in [9.17, 15) is 0 Å². The second-order valence-corrected chi connectivity index (χ2v) is 17.0. The highest BCUT2D eigenvalue weighted by atomic mass is 16.3. The Morgan fingerprint density at radius 2 is 0.559 bits per heavy atom. The number of nitrogens with zero attached hydrogens (tertiary/aromatic N) is 4. The van der Waals surface area contributed by atoms with E-state index in [1.807, 2.05) is 48.5 Å². The predicted octanol–water partition coefficient (Wildman–Crippen LogP) is 16.4. The van der Waals surface area contributed by atoms with Crippen LogP contribution in [0.3, 0.4) is 0 Å². The van der Waals surface area contributed by atoms with Gasteiger partial charge in [-0.3, -0.25) is 0 Å². The van der Waals surface area contributed by atoms with Gasteiger partial charge < -0.3 is 8.83 Å². The quantitative estimate of drug-likeness (QED) is 0.151. The first-order valence-electron chi connectivity index (χ1n) is 22.7. The van der Waals surface area contributed by atoms with Crippen molar-refractivity contribution >= 4 is 44.1 Å². The standard InChI is InChI=1S/C62H38N4O2/c1-3-13-39(14-4-1)41-25-31-44(32-26-41)58-56-52-22-8-10-24-54(52)68-62(56)66-60(64-58)50-20-12-19-49(38-50)48-18-11-17-47(37-48)43-27-33-45(34-28-43)57-55-51-21-7-9-23-53(51)67-61(55)65-59(63-57)46-35-29-42(30-36-46)40-15-5-2-6-16-40/h1-38H. The molecule has 318 valence electrons. The van der Waals surface area contributed by atoms with Crippen molar-refractivity contribution in [3.8, 4) is 89.8 Å². The minimum absolute atomic E-state index is 0.562. The van der Waals surface area contributed by atoms with E-state index < -0.39 is 0 Å². The third kappa shape index (κ3) is 7.00. The number of fused-ring (bicyclic) bond motifs is 6. The summed E-state index contributed by atoms with van der Waals surface area (Å²) < 4.78 is 12.8. The van der Waals surface area contributed by atoms with Gasteiger partial charge in [-0.2, -0.15) is 9.97 Å². The lowest BCUT2D eigenvalue weighted by Gasteiger charge is -2.11. The Morgan fingerprint density at radius 1 is 0.235 bits per heavy atom. The summed E-state index contributed by atoms with van der Waals surface area (Å²) in [6.45, 7) is 0. The topological polar surface area (TPSA) is 77.8 Å². The number of rotatable bonds is 8. The second kappa shape index (κ2) is 16.3. The molecule has 0 unspecified atom stereocenters. The molecular formula is C62H38N4O2. The molecule has 0 radical (unpaired) electrons. The Labute approximate surface area is 391 Å². The van der Waals surface area contributed by atoms with Crippen molar-refractivity contribution in [2.24, 2.45) is 0 Å². The Bertz CT molecular complexity index is 3990. The number of aromatic nitrogens is 4. The van der Waals surface area contributed by atoms with Crippen LogP contribution in [0.2, 0.25) is 0 Å². The summed E-state index contributed by atoms with van der Waals surface area (Å²) in [7, 11) is 0. The summed E-state index contributed by atoms with van der Waals surface area (Å²) in [4.78, 5) is 20.5. The number of benzene rings is 9. The van der Waals surface area contributed by atoms with E-state index in [4.69, 9.17) is 28.8 Å². The lowest BCUT2D eigenvalue weighted by atomic mass is 9.96. The molecule has 0 aliphatic carbocycles. The third-order valence-corrected chi connectivity index (χ3v) is 12.8. The molecule has 0 N–H and O–H groups in total. The first-order valence-corrected chi connectivity index (χ1v) is 22.7. The summed E-state index contributed by atoms with van der Waals surface area (Å²) >= 11 is 0. The molecule has 0 bridgehead atoms. The van der Waals surface area contributed by atoms with Gasteiger partial charge >= 0.3 is 0 Å². The lowest BCUT2D eigenvalue weighted by molar-refractivity contribution is 0.653. The third-order valence-electron chi connectivity index (χ3n) is 12.8. The fourth-order valence-corrected chi connectivity index (χ4v) is 9.35. The largest absolute Gasteiger partial charge is 0.438 e. The zero-order chi connectivity index (χ0) is 45.0. The normalized spacial score (nSPS) is 11.5. The lowest BCUT2D eigenvalue weighted by Crippen LogP contribution is -1.94. The molecule has 0 aliphatic heterocycles. The van der Waals surface area contributed by atoms with Gasteiger partial charge in [0.05, 0.1) is 22.2 Å². The van der Waals surface area contributed by atoms with E-state index in [-0.39, 0.29) is 0 Å². The Morgan fingerprint density at radius 3 is 1.04 bits per heavy atom. The summed E-state index contributed by atoms with van der Waals surface area (Å²) in [5, 5.41) is 3.78.